The summed E-state index contributed by atoms with van der Waals surface area (Å²) in [5, 5.41) is 11.3. The van der Waals surface area contributed by atoms with E-state index in [0.29, 0.717) is 13.0 Å². The second-order valence-corrected chi connectivity index (χ2v) is 5.51. The molecule has 1 aromatic heterocycles. The minimum absolute atomic E-state index is 0. The maximum Gasteiger partial charge on any atom is 1.00 e. The molecule has 1 aromatic carbocycles. The van der Waals surface area contributed by atoms with Gasteiger partial charge in [-0.15, -0.1) is 0 Å². The summed E-state index contributed by atoms with van der Waals surface area (Å²) < 4.78 is 5.71. The van der Waals surface area contributed by atoms with Crippen LogP contribution in [0.4, 0.5) is 0 Å². The Morgan fingerprint density at radius 2 is 1.85 bits per heavy atom. The van der Waals surface area contributed by atoms with Crippen molar-refractivity contribution >= 4 is 9.12 Å². The molecule has 100 valence electrons. The van der Waals surface area contributed by atoms with Crippen LogP contribution in [0.1, 0.15) is 12.6 Å². The van der Waals surface area contributed by atoms with Crippen LogP contribution in [0.2, 0.25) is 0 Å². The molecule has 0 bridgehead atoms. The number of hydrogen-bond donors (Lipinski definition) is 0. The van der Waals surface area contributed by atoms with E-state index in [9.17, 15) is 10.1 Å². The fraction of sp³-hybridized carbons (Fsp3) is 0.214. The van der Waals surface area contributed by atoms with E-state index in [-0.39, 0.29) is 40.9 Å². The van der Waals surface area contributed by atoms with E-state index in [1.165, 1.54) is 0 Å². The van der Waals surface area contributed by atoms with Gasteiger partial charge in [-0.1, -0.05) is 42.1 Å². The van der Waals surface area contributed by atoms with Crippen molar-refractivity contribution in [1.82, 2.24) is 0 Å². The average molecular weight is 281 g/mol. The monoisotopic (exact) mass is 281 g/mol. The topological polar surface area (TPSA) is 52.4 Å². The molecule has 1 heterocycles. The van der Waals surface area contributed by atoms with Gasteiger partial charge in [-0.05, 0) is 17.2 Å². The molecule has 0 amide bonds. The van der Waals surface area contributed by atoms with Crippen molar-refractivity contribution in [2.75, 3.05) is 6.54 Å². The van der Waals surface area contributed by atoms with Gasteiger partial charge in [0.05, 0.1) is 14.5 Å². The fourth-order valence-electron chi connectivity index (χ4n) is 1.71. The van der Waals surface area contributed by atoms with Gasteiger partial charge in [-0.3, -0.25) is 10.1 Å². The van der Waals surface area contributed by atoms with E-state index < -0.39 is 0 Å². The number of nitrogens with zero attached hydrogens (tertiary/aromatic N) is 1. The molecule has 0 aliphatic carbocycles. The van der Waals surface area contributed by atoms with Gasteiger partial charge in [0, 0.05) is 11.3 Å². The molecule has 0 spiro atoms. The van der Waals surface area contributed by atoms with E-state index in [1.807, 2.05) is 42.5 Å². The van der Waals surface area contributed by atoms with Gasteiger partial charge in [0.2, 0.25) is 6.54 Å². The predicted octanol–water partition coefficient (Wildman–Crippen LogP) is -0.728. The van der Waals surface area contributed by atoms with Gasteiger partial charge in [-0.25, -0.2) is 0 Å². The maximum atomic E-state index is 10.3. The van der Waals surface area contributed by atoms with Crippen molar-refractivity contribution in [2.24, 2.45) is 0 Å². The summed E-state index contributed by atoms with van der Waals surface area (Å²) in [6.45, 7) is 0.532. The summed E-state index contributed by atoms with van der Waals surface area (Å²) >= 11 is 0. The molecule has 2 rings (SSSR count). The van der Waals surface area contributed by atoms with Crippen molar-refractivity contribution in [2.45, 2.75) is 13.0 Å². The van der Waals surface area contributed by atoms with Crippen molar-refractivity contribution < 1.29 is 29.9 Å². The standard InChI is InChI=1S/C14H15NO3Si.Li.H/c16-15(17)9-8-12-4-6-13(7-5-12)11-18-14-3-1-2-10-19-14;;/h1-7,10,19H,8-9,11H2;;/q;+1;-1. The van der Waals surface area contributed by atoms with Gasteiger partial charge >= 0.3 is 18.9 Å². The molecular weight excluding hydrogens is 265 g/mol. The maximum absolute atomic E-state index is 10.3. The molecule has 0 unspecified atom stereocenters. The van der Waals surface area contributed by atoms with Gasteiger partial charge in [0.1, 0.15) is 6.61 Å². The third kappa shape index (κ3) is 5.70. The molecule has 2 aromatic rings. The first kappa shape index (κ1) is 16.6. The molecule has 6 heteroatoms. The second-order valence-electron chi connectivity index (χ2n) is 4.22. The number of hydrogen-bond acceptors (Lipinski definition) is 3. The van der Waals surface area contributed by atoms with Crippen molar-refractivity contribution in [3.8, 4) is 5.36 Å². The Labute approximate surface area is 133 Å². The molecule has 0 radical (unpaired) electrons. The minimum Gasteiger partial charge on any atom is -1.00 e. The summed E-state index contributed by atoms with van der Waals surface area (Å²) in [7, 11) is 0.112. The van der Waals surface area contributed by atoms with Crippen molar-refractivity contribution in [1.29, 1.82) is 0 Å². The molecule has 4 nitrogen and oxygen atoms in total. The van der Waals surface area contributed by atoms with Crippen LogP contribution in [0.25, 0.3) is 0 Å². The Morgan fingerprint density at radius 1 is 1.15 bits per heavy atom. The number of rotatable bonds is 6. The predicted molar refractivity (Wildman–Crippen MR) is 76.6 cm³/mol. The number of nitro groups is 1. The molecule has 0 aliphatic rings. The smallest absolute Gasteiger partial charge is 1.00 e. The summed E-state index contributed by atoms with van der Waals surface area (Å²) in [6, 6.07) is 13.8. The molecule has 20 heavy (non-hydrogen) atoms. The zero-order valence-electron chi connectivity index (χ0n) is 12.5. The number of benzene rings is 1. The van der Waals surface area contributed by atoms with Gasteiger partial charge in [0.15, 0.2) is 0 Å². The molecule has 0 aliphatic heterocycles. The molecule has 0 atom stereocenters. The van der Waals surface area contributed by atoms with Gasteiger partial charge in [-0.2, -0.15) is 0 Å². The zero-order chi connectivity index (χ0) is 13.5. The van der Waals surface area contributed by atoms with E-state index in [1.54, 1.807) is 0 Å². The average Bonchev–Trinajstić information content (AvgIpc) is 2.45. The zero-order valence-corrected chi connectivity index (χ0v) is 12.6. The first-order valence-corrected chi connectivity index (χ1v) is 7.36. The summed E-state index contributed by atoms with van der Waals surface area (Å²) in [4.78, 5) is 10.00. The number of ether oxygens (including phenoxy) is 1. The Kier molecular flexibility index (Phi) is 7.23. The Bertz CT molecular complexity index is 540. The first-order chi connectivity index (χ1) is 9.24. The minimum atomic E-state index is -0.292. The van der Waals surface area contributed by atoms with Gasteiger partial charge in [0.25, 0.3) is 0 Å². The summed E-state index contributed by atoms with van der Waals surface area (Å²) in [6.07, 6.45) is 0.475. The molecule has 0 saturated heterocycles. The quantitative estimate of drug-likeness (QED) is 0.398. The van der Waals surface area contributed by atoms with Crippen molar-refractivity contribution in [3.05, 3.63) is 69.4 Å². The third-order valence-electron chi connectivity index (χ3n) is 2.75. The first-order valence-electron chi connectivity index (χ1n) is 6.11. The SMILES string of the molecule is O=[N+]([O-])CCc1ccc(COc2cccc[siH]2)cc1.[H-].[Li+]. The largest absolute Gasteiger partial charge is 1.00 e. The van der Waals surface area contributed by atoms with Crippen LogP contribution in [-0.2, 0) is 13.0 Å². The van der Waals surface area contributed by atoms with Crippen LogP contribution in [0.3, 0.4) is 0 Å². The van der Waals surface area contributed by atoms with E-state index in [2.05, 4.69) is 5.68 Å². The normalized spacial score (nSPS) is 9.60. The van der Waals surface area contributed by atoms with Gasteiger partial charge < -0.3 is 6.16 Å². The molecule has 0 fully saturated rings. The van der Waals surface area contributed by atoms with Crippen molar-refractivity contribution in [3.63, 3.8) is 0 Å². The van der Waals surface area contributed by atoms with E-state index in [4.69, 9.17) is 4.74 Å². The van der Waals surface area contributed by atoms with Crippen LogP contribution >= 0.6 is 0 Å². The van der Waals surface area contributed by atoms with Crippen LogP contribution in [-0.4, -0.2) is 20.6 Å². The van der Waals surface area contributed by atoms with Crippen LogP contribution in [0.15, 0.2) is 48.1 Å². The summed E-state index contributed by atoms with van der Waals surface area (Å²) in [5.74, 6) is 0. The Hall–Kier alpha value is -1.42. The molecule has 0 N–H and O–H groups in total. The summed E-state index contributed by atoms with van der Waals surface area (Å²) in [5.41, 5.74) is 4.20. The van der Waals surface area contributed by atoms with Crippen LogP contribution in [0.5, 0.6) is 5.36 Å². The van der Waals surface area contributed by atoms with E-state index in [0.717, 1.165) is 16.5 Å². The van der Waals surface area contributed by atoms with E-state index >= 15 is 0 Å². The van der Waals surface area contributed by atoms with Crippen LogP contribution in [0, 0.1) is 10.1 Å². The Balaban J connectivity index is 0.00000200. The molecule has 0 saturated carbocycles. The molecular formula is C14H16LiNO3Si. The fourth-order valence-corrected chi connectivity index (χ4v) is 2.54. The van der Waals surface area contributed by atoms with Crippen LogP contribution < -0.4 is 23.6 Å². The second kappa shape index (κ2) is 8.70. The third-order valence-corrected chi connectivity index (χ3v) is 3.86. The Morgan fingerprint density at radius 3 is 2.45 bits per heavy atom.